The van der Waals surface area contributed by atoms with Gasteiger partial charge in [0.05, 0.1) is 33.5 Å². The van der Waals surface area contributed by atoms with E-state index in [1.54, 1.807) is 0 Å². The van der Waals surface area contributed by atoms with E-state index in [0.717, 1.165) is 24.9 Å². The molecule has 5 rings (SSSR count). The number of rotatable bonds is 5. The van der Waals surface area contributed by atoms with Crippen LogP contribution in [-0.2, 0) is 21.4 Å². The molecule has 7 nitrogen and oxygen atoms in total. The first-order valence-corrected chi connectivity index (χ1v) is 10.1. The van der Waals surface area contributed by atoms with Crippen LogP contribution in [0.4, 0.5) is 0 Å². The van der Waals surface area contributed by atoms with Crippen LogP contribution in [0.5, 0.6) is 11.5 Å². The van der Waals surface area contributed by atoms with Crippen molar-refractivity contribution in [2.24, 2.45) is 0 Å². The number of carbonyl (C=O) groups is 1. The summed E-state index contributed by atoms with van der Waals surface area (Å²) in [5.41, 5.74) is 0.634. The van der Waals surface area contributed by atoms with E-state index in [2.05, 4.69) is 27.5 Å². The van der Waals surface area contributed by atoms with Crippen LogP contribution < -0.4 is 9.26 Å². The number of hydrogen-bond donors (Lipinski definition) is 2. The number of benzene rings is 1. The number of carboxylic acid groups (broad SMARTS) is 1. The molecule has 0 amide bonds. The Morgan fingerprint density at radius 2 is 2.29 bits per heavy atom. The summed E-state index contributed by atoms with van der Waals surface area (Å²) >= 11 is 0. The molecule has 8 heteroatoms. The summed E-state index contributed by atoms with van der Waals surface area (Å²) in [7, 11) is 4.33. The van der Waals surface area contributed by atoms with Crippen molar-refractivity contribution in [2.75, 3.05) is 20.2 Å². The fourth-order valence-electron chi connectivity index (χ4n) is 5.82. The SMILES string of the molecule is CN1CC[C@@]23c4c5ccc(OP)c4O[C@@H]2C(OCCC(=O)O)=CC[C@]3(O)[C@@H]1C5. The van der Waals surface area contributed by atoms with Crippen LogP contribution in [0, 0.1) is 0 Å². The smallest absolute Gasteiger partial charge is 0.306 e. The summed E-state index contributed by atoms with van der Waals surface area (Å²) in [5.74, 6) is 1.01. The number of aliphatic carboxylic acids is 1. The Hall–Kier alpha value is -1.82. The predicted molar refractivity (Wildman–Crippen MR) is 103 cm³/mol. The molecule has 1 aromatic carbocycles. The fraction of sp³-hybridized carbons (Fsp3) is 0.550. The van der Waals surface area contributed by atoms with Crippen LogP contribution in [0.15, 0.2) is 24.0 Å². The molecule has 0 radical (unpaired) electrons. The van der Waals surface area contributed by atoms with Crippen molar-refractivity contribution < 1.29 is 29.0 Å². The van der Waals surface area contributed by atoms with Gasteiger partial charge in [-0.15, -0.1) is 0 Å². The summed E-state index contributed by atoms with van der Waals surface area (Å²) in [6, 6.07) is 3.97. The van der Waals surface area contributed by atoms with E-state index in [1.165, 1.54) is 5.56 Å². The van der Waals surface area contributed by atoms with Gasteiger partial charge in [0.1, 0.15) is 5.76 Å². The van der Waals surface area contributed by atoms with Crippen LogP contribution in [0.1, 0.15) is 30.4 Å². The van der Waals surface area contributed by atoms with Gasteiger partial charge < -0.3 is 29.1 Å². The first kappa shape index (κ1) is 18.2. The maximum Gasteiger partial charge on any atom is 0.306 e. The third-order valence-corrected chi connectivity index (χ3v) is 7.30. The monoisotopic (exact) mass is 405 g/mol. The maximum absolute atomic E-state index is 12.0. The van der Waals surface area contributed by atoms with Gasteiger partial charge in [-0.25, -0.2) is 0 Å². The Labute approximate surface area is 165 Å². The predicted octanol–water partition coefficient (Wildman–Crippen LogP) is 1.62. The number of ether oxygens (including phenoxy) is 2. The largest absolute Gasteiger partial charge is 0.494 e. The molecular formula is C20H24NO6P. The highest BCUT2D eigenvalue weighted by Crippen LogP contribution is 2.65. The van der Waals surface area contributed by atoms with E-state index in [1.807, 2.05) is 12.1 Å². The summed E-state index contributed by atoms with van der Waals surface area (Å²) < 4.78 is 17.8. The average molecular weight is 405 g/mol. The van der Waals surface area contributed by atoms with Crippen LogP contribution >= 0.6 is 9.47 Å². The van der Waals surface area contributed by atoms with Gasteiger partial charge in [0.25, 0.3) is 0 Å². The van der Waals surface area contributed by atoms with Gasteiger partial charge in [-0.05, 0) is 44.1 Å². The molecule has 0 aromatic heterocycles. The molecule has 4 aliphatic rings. The second-order valence-corrected chi connectivity index (χ2v) is 8.43. The number of carboxylic acids is 1. The highest BCUT2D eigenvalue weighted by Gasteiger charge is 2.71. The van der Waals surface area contributed by atoms with E-state index < -0.39 is 23.1 Å². The molecule has 2 N–H and O–H groups in total. The second-order valence-electron chi connectivity index (χ2n) is 8.19. The maximum atomic E-state index is 12.0. The van der Waals surface area contributed by atoms with Gasteiger partial charge in [-0.3, -0.25) is 4.79 Å². The van der Waals surface area contributed by atoms with Crippen molar-refractivity contribution in [1.82, 2.24) is 4.90 Å². The molecule has 1 aromatic rings. The molecule has 1 unspecified atom stereocenters. The number of nitrogens with zero attached hydrogens (tertiary/aromatic N) is 1. The Morgan fingerprint density at radius 1 is 1.46 bits per heavy atom. The van der Waals surface area contributed by atoms with E-state index in [4.69, 9.17) is 19.1 Å². The van der Waals surface area contributed by atoms with E-state index in [0.29, 0.717) is 23.7 Å². The lowest BCUT2D eigenvalue weighted by Crippen LogP contribution is -2.74. The lowest BCUT2D eigenvalue weighted by molar-refractivity contribution is -0.165. The van der Waals surface area contributed by atoms with E-state index in [9.17, 15) is 9.90 Å². The number of hydrogen-bond acceptors (Lipinski definition) is 6. The molecule has 5 atom stereocenters. The quantitative estimate of drug-likeness (QED) is 0.720. The zero-order valence-electron chi connectivity index (χ0n) is 15.7. The highest BCUT2D eigenvalue weighted by molar-refractivity contribution is 7.10. The standard InChI is InChI=1S/C20H24NO6P/c1-21-8-7-19-16-11-2-3-12(27-28)17(16)26-18(19)13(25-9-5-15(22)23)4-6-20(19,24)14(21)10-11/h2-4,14,18,24H,5-10,28H2,1H3,(H,22,23)/t14-,18+,19+,20-/m0/s1. The minimum atomic E-state index is -0.970. The van der Waals surface area contributed by atoms with E-state index >= 15 is 0 Å². The number of likely N-dealkylation sites (tertiary alicyclic amines) is 1. The summed E-state index contributed by atoms with van der Waals surface area (Å²) in [6.07, 6.45) is 3.27. The molecule has 150 valence electrons. The molecule has 28 heavy (non-hydrogen) atoms. The third-order valence-electron chi connectivity index (χ3n) is 7.05. The number of aliphatic hydroxyl groups is 1. The second kappa shape index (κ2) is 6.09. The summed E-state index contributed by atoms with van der Waals surface area (Å²) in [4.78, 5) is 13.1. The van der Waals surface area contributed by atoms with Crippen LogP contribution in [0.25, 0.3) is 0 Å². The Morgan fingerprint density at radius 3 is 3.04 bits per heavy atom. The van der Waals surface area contributed by atoms with Crippen LogP contribution in [-0.4, -0.2) is 59.0 Å². The normalized spacial score (nSPS) is 34.9. The lowest BCUT2D eigenvalue weighted by atomic mass is 9.50. The van der Waals surface area contributed by atoms with Gasteiger partial charge in [-0.2, -0.15) is 0 Å². The van der Waals surface area contributed by atoms with Gasteiger partial charge in [0, 0.05) is 18.0 Å². The van der Waals surface area contributed by atoms with Crippen molar-refractivity contribution in [3.8, 4) is 11.5 Å². The Bertz CT molecular complexity index is 888. The first-order valence-electron chi connectivity index (χ1n) is 9.59. The minimum absolute atomic E-state index is 0.00890. The van der Waals surface area contributed by atoms with E-state index in [-0.39, 0.29) is 19.1 Å². The highest BCUT2D eigenvalue weighted by atomic mass is 31.0. The molecule has 1 spiro atoms. The fourth-order valence-corrected chi connectivity index (χ4v) is 6.00. The molecule has 1 fully saturated rings. The molecule has 2 bridgehead atoms. The zero-order chi connectivity index (χ0) is 19.7. The Balaban J connectivity index is 1.66. The molecular weight excluding hydrogens is 381 g/mol. The van der Waals surface area contributed by atoms with Gasteiger partial charge in [-0.1, -0.05) is 6.07 Å². The molecule has 2 aliphatic carbocycles. The summed E-state index contributed by atoms with van der Waals surface area (Å²) in [6.45, 7) is 0.926. The minimum Gasteiger partial charge on any atom is -0.494 e. The van der Waals surface area contributed by atoms with Gasteiger partial charge in [0.15, 0.2) is 17.6 Å². The number of likely N-dealkylation sites (N-methyl/N-ethyl adjacent to an activating group) is 1. The van der Waals surface area contributed by atoms with Gasteiger partial charge in [0.2, 0.25) is 0 Å². The van der Waals surface area contributed by atoms with Crippen molar-refractivity contribution in [1.29, 1.82) is 0 Å². The first-order chi connectivity index (χ1) is 13.4. The molecule has 0 saturated carbocycles. The zero-order valence-corrected chi connectivity index (χ0v) is 16.8. The lowest BCUT2D eigenvalue weighted by Gasteiger charge is -2.61. The topological polar surface area (TPSA) is 88.5 Å². The van der Waals surface area contributed by atoms with Gasteiger partial charge >= 0.3 is 5.97 Å². The van der Waals surface area contributed by atoms with Crippen LogP contribution in [0.3, 0.4) is 0 Å². The third kappa shape index (κ3) is 2.13. The van der Waals surface area contributed by atoms with Crippen LogP contribution in [0.2, 0.25) is 0 Å². The van der Waals surface area contributed by atoms with Crippen molar-refractivity contribution in [2.45, 2.75) is 48.8 Å². The van der Waals surface area contributed by atoms with Crippen molar-refractivity contribution in [3.05, 3.63) is 35.1 Å². The molecule has 2 aliphatic heterocycles. The Kier molecular flexibility index (Phi) is 3.96. The average Bonchev–Trinajstić information content (AvgIpc) is 3.01. The number of piperidine rings is 1. The molecule has 2 heterocycles. The molecule has 1 saturated heterocycles. The summed E-state index contributed by atoms with van der Waals surface area (Å²) in [5, 5.41) is 21.0. The van der Waals surface area contributed by atoms with Crippen molar-refractivity contribution in [3.63, 3.8) is 0 Å². The van der Waals surface area contributed by atoms with Crippen molar-refractivity contribution >= 4 is 15.4 Å².